The van der Waals surface area contributed by atoms with E-state index in [1.54, 1.807) is 12.1 Å². The van der Waals surface area contributed by atoms with Crippen molar-refractivity contribution in [3.8, 4) is 0 Å². The zero-order chi connectivity index (χ0) is 12.5. The molecule has 0 radical (unpaired) electrons. The highest BCUT2D eigenvalue weighted by atomic mass is 32.2. The Morgan fingerprint density at radius 2 is 1.71 bits per heavy atom. The molecule has 1 heterocycles. The van der Waals surface area contributed by atoms with Crippen LogP contribution >= 0.6 is 0 Å². The summed E-state index contributed by atoms with van der Waals surface area (Å²) < 4.78 is 25.9. The van der Waals surface area contributed by atoms with Gasteiger partial charge in [0.1, 0.15) is 0 Å². The van der Waals surface area contributed by atoms with Crippen molar-refractivity contribution in [2.75, 3.05) is 13.1 Å². The fourth-order valence-electron chi connectivity index (χ4n) is 2.00. The van der Waals surface area contributed by atoms with Gasteiger partial charge in [-0.05, 0) is 18.9 Å². The Bertz CT molecular complexity index is 497. The highest BCUT2D eigenvalue weighted by Crippen LogP contribution is 2.19. The van der Waals surface area contributed by atoms with Gasteiger partial charge in [0.2, 0.25) is 10.0 Å². The highest BCUT2D eigenvalue weighted by Gasteiger charge is 2.31. The number of hydrogen-bond acceptors (Lipinski definition) is 4. The van der Waals surface area contributed by atoms with Crippen molar-refractivity contribution < 1.29 is 18.5 Å². The van der Waals surface area contributed by atoms with Crippen LogP contribution in [0.25, 0.3) is 0 Å². The Hall–Kier alpha value is -0.885. The summed E-state index contributed by atoms with van der Waals surface area (Å²) in [5, 5.41) is 18.4. The topological polar surface area (TPSA) is 77.8 Å². The number of nitrogens with zero attached hydrogens (tertiary/aromatic N) is 1. The molecule has 1 fully saturated rings. The van der Waals surface area contributed by atoms with Crippen LogP contribution in [0.2, 0.25) is 0 Å². The summed E-state index contributed by atoms with van der Waals surface area (Å²) in [6.45, 7) is 0.996. The molecule has 0 bridgehead atoms. The van der Waals surface area contributed by atoms with E-state index in [1.807, 2.05) is 0 Å². The Kier molecular flexibility index (Phi) is 3.53. The molecule has 1 aliphatic heterocycles. The monoisotopic (exact) mass is 255 g/mol. The molecule has 5 nitrogen and oxygen atoms in total. The zero-order valence-electron chi connectivity index (χ0n) is 9.28. The standard InChI is InChI=1S/C10H14BNO4S/c13-11(14)9-5-1-2-6-10(9)17(15,16)12-7-3-4-8-12/h1-2,5-6,13-14H,3-4,7-8H2. The van der Waals surface area contributed by atoms with Crippen molar-refractivity contribution in [3.05, 3.63) is 24.3 Å². The molecule has 1 aromatic carbocycles. The van der Waals surface area contributed by atoms with Crippen LogP contribution in [0, 0.1) is 0 Å². The molecule has 0 aromatic heterocycles. The van der Waals surface area contributed by atoms with Gasteiger partial charge in [-0.25, -0.2) is 8.42 Å². The molecule has 92 valence electrons. The molecule has 0 saturated carbocycles. The second-order valence-corrected chi connectivity index (χ2v) is 5.93. The van der Waals surface area contributed by atoms with E-state index in [4.69, 9.17) is 0 Å². The Balaban J connectivity index is 2.45. The SMILES string of the molecule is O=S(=O)(c1ccccc1B(O)O)N1CCCC1. The first-order valence-corrected chi connectivity index (χ1v) is 6.92. The van der Waals surface area contributed by atoms with Gasteiger partial charge in [-0.3, -0.25) is 0 Å². The van der Waals surface area contributed by atoms with E-state index in [9.17, 15) is 18.5 Å². The number of sulfonamides is 1. The second-order valence-electron chi connectivity index (χ2n) is 4.02. The first-order valence-electron chi connectivity index (χ1n) is 5.48. The normalized spacial score (nSPS) is 17.3. The molecule has 0 spiro atoms. The number of benzene rings is 1. The molecular weight excluding hydrogens is 241 g/mol. The molecule has 0 amide bonds. The predicted octanol–water partition coefficient (Wildman–Crippen LogP) is -0.849. The van der Waals surface area contributed by atoms with Gasteiger partial charge in [-0.1, -0.05) is 18.2 Å². The zero-order valence-corrected chi connectivity index (χ0v) is 10.1. The van der Waals surface area contributed by atoms with Crippen molar-refractivity contribution >= 4 is 22.6 Å². The van der Waals surface area contributed by atoms with E-state index in [-0.39, 0.29) is 10.4 Å². The minimum absolute atomic E-state index is 0.0168. The van der Waals surface area contributed by atoms with Crippen LogP contribution in [0.15, 0.2) is 29.2 Å². The summed E-state index contributed by atoms with van der Waals surface area (Å²) in [5.41, 5.74) is 0.0272. The van der Waals surface area contributed by atoms with Crippen LogP contribution in [0.5, 0.6) is 0 Å². The van der Waals surface area contributed by atoms with E-state index in [0.29, 0.717) is 13.1 Å². The van der Waals surface area contributed by atoms with Gasteiger partial charge in [0, 0.05) is 18.6 Å². The summed E-state index contributed by atoms with van der Waals surface area (Å²) in [6, 6.07) is 5.97. The van der Waals surface area contributed by atoms with Crippen LogP contribution < -0.4 is 5.46 Å². The Labute approximate surface area is 101 Å². The first kappa shape index (κ1) is 12.6. The summed E-state index contributed by atoms with van der Waals surface area (Å²) >= 11 is 0. The largest absolute Gasteiger partial charge is 0.489 e. The lowest BCUT2D eigenvalue weighted by atomic mass is 9.80. The van der Waals surface area contributed by atoms with Crippen molar-refractivity contribution in [2.24, 2.45) is 0 Å². The van der Waals surface area contributed by atoms with E-state index >= 15 is 0 Å². The van der Waals surface area contributed by atoms with Crippen molar-refractivity contribution in [1.82, 2.24) is 4.31 Å². The molecule has 0 atom stereocenters. The maximum Gasteiger partial charge on any atom is 0.489 e. The van der Waals surface area contributed by atoms with Gasteiger partial charge in [0.25, 0.3) is 0 Å². The average molecular weight is 255 g/mol. The smallest absolute Gasteiger partial charge is 0.423 e. The van der Waals surface area contributed by atoms with Gasteiger partial charge in [0.15, 0.2) is 0 Å². The van der Waals surface area contributed by atoms with E-state index in [0.717, 1.165) is 12.8 Å². The molecule has 7 heteroatoms. The van der Waals surface area contributed by atoms with Gasteiger partial charge in [0.05, 0.1) is 4.90 Å². The maximum absolute atomic E-state index is 12.3. The minimum atomic E-state index is -3.60. The quantitative estimate of drug-likeness (QED) is 0.690. The lowest BCUT2D eigenvalue weighted by molar-refractivity contribution is 0.423. The molecule has 1 aromatic rings. The van der Waals surface area contributed by atoms with Gasteiger partial charge >= 0.3 is 7.12 Å². The van der Waals surface area contributed by atoms with Gasteiger partial charge in [-0.15, -0.1) is 0 Å². The lowest BCUT2D eigenvalue weighted by Crippen LogP contribution is -2.38. The third-order valence-electron chi connectivity index (χ3n) is 2.88. The lowest BCUT2D eigenvalue weighted by Gasteiger charge is -2.17. The summed E-state index contributed by atoms with van der Waals surface area (Å²) in [6.07, 6.45) is 1.70. The molecule has 2 rings (SSSR count). The highest BCUT2D eigenvalue weighted by molar-refractivity contribution is 7.89. The predicted molar refractivity (Wildman–Crippen MR) is 64.3 cm³/mol. The van der Waals surface area contributed by atoms with Crippen LogP contribution in [-0.2, 0) is 10.0 Å². The van der Waals surface area contributed by atoms with Crippen LogP contribution in [0.1, 0.15) is 12.8 Å². The molecule has 0 unspecified atom stereocenters. The third-order valence-corrected chi connectivity index (χ3v) is 4.85. The van der Waals surface area contributed by atoms with Crippen LogP contribution in [0.4, 0.5) is 0 Å². The molecule has 1 saturated heterocycles. The number of rotatable bonds is 3. The summed E-state index contributed by atoms with van der Waals surface area (Å²) in [4.78, 5) is -0.0168. The van der Waals surface area contributed by atoms with E-state index in [2.05, 4.69) is 0 Å². The van der Waals surface area contributed by atoms with E-state index in [1.165, 1.54) is 16.4 Å². The Morgan fingerprint density at radius 1 is 1.12 bits per heavy atom. The van der Waals surface area contributed by atoms with Crippen molar-refractivity contribution in [2.45, 2.75) is 17.7 Å². The third kappa shape index (κ3) is 2.37. The molecule has 1 aliphatic rings. The first-order chi connectivity index (χ1) is 8.03. The maximum atomic E-state index is 12.3. The van der Waals surface area contributed by atoms with Gasteiger partial charge in [-0.2, -0.15) is 4.31 Å². The van der Waals surface area contributed by atoms with E-state index < -0.39 is 17.1 Å². The Morgan fingerprint density at radius 3 is 2.29 bits per heavy atom. The molecular formula is C10H14BNO4S. The minimum Gasteiger partial charge on any atom is -0.423 e. The average Bonchev–Trinajstić information content (AvgIpc) is 2.83. The molecule has 0 aliphatic carbocycles. The molecule has 2 N–H and O–H groups in total. The van der Waals surface area contributed by atoms with Crippen LogP contribution in [0.3, 0.4) is 0 Å². The fourth-order valence-corrected chi connectivity index (χ4v) is 3.74. The fraction of sp³-hybridized carbons (Fsp3) is 0.400. The van der Waals surface area contributed by atoms with Crippen molar-refractivity contribution in [3.63, 3.8) is 0 Å². The van der Waals surface area contributed by atoms with Crippen molar-refractivity contribution in [1.29, 1.82) is 0 Å². The second kappa shape index (κ2) is 4.77. The van der Waals surface area contributed by atoms with Crippen LogP contribution in [-0.4, -0.2) is 43.0 Å². The van der Waals surface area contributed by atoms with Gasteiger partial charge < -0.3 is 10.0 Å². The summed E-state index contributed by atoms with van der Waals surface area (Å²) in [7, 11) is -5.38. The summed E-state index contributed by atoms with van der Waals surface area (Å²) in [5.74, 6) is 0. The molecule has 17 heavy (non-hydrogen) atoms. The number of hydrogen-bond donors (Lipinski definition) is 2.